The minimum Gasteiger partial charge on any atom is -0.336 e. The van der Waals surface area contributed by atoms with E-state index in [0.29, 0.717) is 19.0 Å². The van der Waals surface area contributed by atoms with Crippen molar-refractivity contribution in [3.05, 3.63) is 11.6 Å². The van der Waals surface area contributed by atoms with Crippen LogP contribution in [0, 0.1) is 5.92 Å². The summed E-state index contributed by atoms with van der Waals surface area (Å²) in [7, 11) is 0. The SMILES string of the molecule is CC(C)(C)c1nc(C(=O)N2CCC(CN)C2)n[nH]1. The van der Waals surface area contributed by atoms with Crippen molar-refractivity contribution >= 4 is 5.91 Å². The molecule has 1 aliphatic rings. The van der Waals surface area contributed by atoms with Crippen molar-refractivity contribution in [2.24, 2.45) is 11.7 Å². The van der Waals surface area contributed by atoms with Gasteiger partial charge in [0.15, 0.2) is 0 Å². The van der Waals surface area contributed by atoms with Crippen LogP contribution in [-0.4, -0.2) is 45.6 Å². The molecule has 1 amide bonds. The first-order valence-corrected chi connectivity index (χ1v) is 6.34. The Hall–Kier alpha value is -1.43. The Morgan fingerprint density at radius 1 is 1.56 bits per heavy atom. The van der Waals surface area contributed by atoms with Crippen molar-refractivity contribution in [2.75, 3.05) is 19.6 Å². The van der Waals surface area contributed by atoms with E-state index >= 15 is 0 Å². The molecule has 1 saturated heterocycles. The van der Waals surface area contributed by atoms with Crippen molar-refractivity contribution < 1.29 is 4.79 Å². The number of rotatable bonds is 2. The molecule has 18 heavy (non-hydrogen) atoms. The topological polar surface area (TPSA) is 87.9 Å². The molecule has 6 heteroatoms. The lowest BCUT2D eigenvalue weighted by Gasteiger charge is -2.14. The summed E-state index contributed by atoms with van der Waals surface area (Å²) in [6, 6.07) is 0. The first-order chi connectivity index (χ1) is 8.41. The van der Waals surface area contributed by atoms with Crippen LogP contribution in [0.15, 0.2) is 0 Å². The molecule has 1 atom stereocenters. The number of amides is 1. The smallest absolute Gasteiger partial charge is 0.293 e. The summed E-state index contributed by atoms with van der Waals surface area (Å²) in [5, 5.41) is 6.86. The molecular weight excluding hydrogens is 230 g/mol. The van der Waals surface area contributed by atoms with Crippen LogP contribution in [0.2, 0.25) is 0 Å². The van der Waals surface area contributed by atoms with Crippen LogP contribution in [-0.2, 0) is 5.41 Å². The molecule has 100 valence electrons. The van der Waals surface area contributed by atoms with Gasteiger partial charge in [0.1, 0.15) is 5.82 Å². The van der Waals surface area contributed by atoms with Crippen LogP contribution >= 0.6 is 0 Å². The third kappa shape index (κ3) is 2.53. The Morgan fingerprint density at radius 2 is 2.28 bits per heavy atom. The molecule has 2 heterocycles. The fraction of sp³-hybridized carbons (Fsp3) is 0.750. The van der Waals surface area contributed by atoms with Crippen molar-refractivity contribution in [1.29, 1.82) is 0 Å². The number of H-pyrrole nitrogens is 1. The van der Waals surface area contributed by atoms with Crippen LogP contribution in [0.25, 0.3) is 0 Å². The number of aromatic amines is 1. The summed E-state index contributed by atoms with van der Waals surface area (Å²) >= 11 is 0. The van der Waals surface area contributed by atoms with Gasteiger partial charge in [0.2, 0.25) is 5.82 Å². The van der Waals surface area contributed by atoms with Gasteiger partial charge in [0.25, 0.3) is 5.91 Å². The van der Waals surface area contributed by atoms with Gasteiger partial charge in [-0.05, 0) is 18.9 Å². The number of nitrogens with one attached hydrogen (secondary N) is 1. The first kappa shape index (κ1) is 13.0. The lowest BCUT2D eigenvalue weighted by atomic mass is 9.96. The van der Waals surface area contributed by atoms with E-state index in [4.69, 9.17) is 5.73 Å². The van der Waals surface area contributed by atoms with Gasteiger partial charge in [0.05, 0.1) is 0 Å². The highest BCUT2D eigenvalue weighted by atomic mass is 16.2. The normalized spacial score (nSPS) is 20.4. The van der Waals surface area contributed by atoms with Gasteiger partial charge in [-0.25, -0.2) is 4.98 Å². The summed E-state index contributed by atoms with van der Waals surface area (Å²) in [5.74, 6) is 1.31. The van der Waals surface area contributed by atoms with Crippen LogP contribution in [0.5, 0.6) is 0 Å². The Kier molecular flexibility index (Phi) is 3.38. The molecule has 6 nitrogen and oxygen atoms in total. The van der Waals surface area contributed by atoms with Crippen molar-refractivity contribution in [3.63, 3.8) is 0 Å². The van der Waals surface area contributed by atoms with Crippen molar-refractivity contribution in [1.82, 2.24) is 20.1 Å². The van der Waals surface area contributed by atoms with E-state index in [1.165, 1.54) is 0 Å². The second kappa shape index (κ2) is 4.68. The molecule has 2 rings (SSSR count). The number of hydrogen-bond acceptors (Lipinski definition) is 4. The lowest BCUT2D eigenvalue weighted by molar-refractivity contribution is 0.0776. The Labute approximate surface area is 107 Å². The van der Waals surface area contributed by atoms with E-state index in [1.54, 1.807) is 4.90 Å². The van der Waals surface area contributed by atoms with Crippen molar-refractivity contribution in [3.8, 4) is 0 Å². The highest BCUT2D eigenvalue weighted by molar-refractivity contribution is 5.90. The summed E-state index contributed by atoms with van der Waals surface area (Å²) < 4.78 is 0. The first-order valence-electron chi connectivity index (χ1n) is 6.34. The van der Waals surface area contributed by atoms with Crippen LogP contribution in [0.4, 0.5) is 0 Å². The minimum atomic E-state index is -0.129. The maximum absolute atomic E-state index is 12.2. The van der Waals surface area contributed by atoms with Gasteiger partial charge in [-0.15, -0.1) is 5.10 Å². The Morgan fingerprint density at radius 3 is 2.78 bits per heavy atom. The molecule has 0 aliphatic carbocycles. The van der Waals surface area contributed by atoms with Gasteiger partial charge in [-0.2, -0.15) is 0 Å². The van der Waals surface area contributed by atoms with E-state index in [-0.39, 0.29) is 17.1 Å². The van der Waals surface area contributed by atoms with Gasteiger partial charge >= 0.3 is 0 Å². The molecule has 1 unspecified atom stereocenters. The average molecular weight is 251 g/mol. The molecule has 1 aromatic heterocycles. The molecule has 1 aliphatic heterocycles. The minimum absolute atomic E-state index is 0.0994. The largest absolute Gasteiger partial charge is 0.336 e. The predicted octanol–water partition coefficient (Wildman–Crippen LogP) is 0.523. The maximum Gasteiger partial charge on any atom is 0.293 e. The summed E-state index contributed by atoms with van der Waals surface area (Å²) in [5.41, 5.74) is 5.49. The van der Waals surface area contributed by atoms with E-state index in [1.807, 2.05) is 20.8 Å². The molecule has 0 radical (unpaired) electrons. The van der Waals surface area contributed by atoms with Crippen LogP contribution in [0.3, 0.4) is 0 Å². The van der Waals surface area contributed by atoms with Gasteiger partial charge in [-0.1, -0.05) is 20.8 Å². The standard InChI is InChI=1S/C12H21N5O/c1-12(2,3)11-14-9(15-16-11)10(18)17-5-4-8(6-13)7-17/h8H,4-7,13H2,1-3H3,(H,14,15,16). The summed E-state index contributed by atoms with van der Waals surface area (Å²) in [4.78, 5) is 18.3. The number of nitrogens with zero attached hydrogens (tertiary/aromatic N) is 3. The van der Waals surface area contributed by atoms with E-state index < -0.39 is 0 Å². The van der Waals surface area contributed by atoms with Gasteiger partial charge in [0, 0.05) is 18.5 Å². The lowest BCUT2D eigenvalue weighted by Crippen LogP contribution is -2.30. The second-order valence-electron chi connectivity index (χ2n) is 5.90. The maximum atomic E-state index is 12.2. The number of aromatic nitrogens is 3. The average Bonchev–Trinajstić information content (AvgIpc) is 2.96. The fourth-order valence-corrected chi connectivity index (χ4v) is 2.04. The van der Waals surface area contributed by atoms with Gasteiger partial charge in [-0.3, -0.25) is 9.89 Å². The molecule has 1 fully saturated rings. The Balaban J connectivity index is 2.08. The third-order valence-corrected chi connectivity index (χ3v) is 3.29. The molecule has 1 aromatic rings. The number of carbonyl (C=O) groups excluding carboxylic acids is 1. The number of carbonyl (C=O) groups is 1. The number of nitrogens with two attached hydrogens (primary N) is 1. The van der Waals surface area contributed by atoms with Gasteiger partial charge < -0.3 is 10.6 Å². The molecule has 3 N–H and O–H groups in total. The highest BCUT2D eigenvalue weighted by Gasteiger charge is 2.29. The zero-order valence-corrected chi connectivity index (χ0v) is 11.2. The zero-order chi connectivity index (χ0) is 13.3. The van der Waals surface area contributed by atoms with E-state index in [9.17, 15) is 4.79 Å². The predicted molar refractivity (Wildman–Crippen MR) is 68.1 cm³/mol. The number of hydrogen-bond donors (Lipinski definition) is 2. The quantitative estimate of drug-likeness (QED) is 0.802. The monoisotopic (exact) mass is 251 g/mol. The summed E-state index contributed by atoms with van der Waals surface area (Å²) in [6.45, 7) is 8.19. The zero-order valence-electron chi connectivity index (χ0n) is 11.2. The van der Waals surface area contributed by atoms with Crippen LogP contribution < -0.4 is 5.73 Å². The fourth-order valence-electron chi connectivity index (χ4n) is 2.04. The van der Waals surface area contributed by atoms with Crippen molar-refractivity contribution in [2.45, 2.75) is 32.6 Å². The molecule has 0 aromatic carbocycles. The highest BCUT2D eigenvalue weighted by Crippen LogP contribution is 2.19. The Bertz CT molecular complexity index is 434. The van der Waals surface area contributed by atoms with Crippen LogP contribution in [0.1, 0.15) is 43.6 Å². The third-order valence-electron chi connectivity index (χ3n) is 3.29. The molecule has 0 saturated carbocycles. The molecule has 0 bridgehead atoms. The van der Waals surface area contributed by atoms with E-state index in [2.05, 4.69) is 15.2 Å². The second-order valence-corrected chi connectivity index (χ2v) is 5.90. The molecular formula is C12H21N5O. The molecule has 0 spiro atoms. The van der Waals surface area contributed by atoms with E-state index in [0.717, 1.165) is 18.8 Å². The summed E-state index contributed by atoms with van der Waals surface area (Å²) in [6.07, 6.45) is 0.971. The number of likely N-dealkylation sites (tertiary alicyclic amines) is 1.